The highest BCUT2D eigenvalue weighted by atomic mass is 79.9. The van der Waals surface area contributed by atoms with Gasteiger partial charge in [-0.1, -0.05) is 173 Å². The van der Waals surface area contributed by atoms with E-state index >= 15 is 0 Å². The molecule has 2 saturated heterocycles. The molecule has 0 N–H and O–H groups in total. The Hall–Kier alpha value is -3.90. The summed E-state index contributed by atoms with van der Waals surface area (Å²) in [6.07, 6.45) is -0.402. The molecule has 296 valence electrons. The number of halogens is 4. The summed E-state index contributed by atoms with van der Waals surface area (Å²) in [6.45, 7) is 0. The molecule has 0 aromatic heterocycles. The van der Waals surface area contributed by atoms with Crippen molar-refractivity contribution in [3.8, 4) is 0 Å². The number of nitrogens with zero attached hydrogens (tertiary/aromatic N) is 2. The zero-order valence-corrected chi connectivity index (χ0v) is 38.3. The molecule has 0 bridgehead atoms. The monoisotopic (exact) mass is 1030 g/mol. The normalized spacial score (nSPS) is 22.0. The average Bonchev–Trinajstić information content (AvgIpc) is 3.24. The second-order valence-electron chi connectivity index (χ2n) is 14.5. The lowest BCUT2D eigenvalue weighted by molar-refractivity contribution is -0.171. The molecule has 0 saturated carbocycles. The first kappa shape index (κ1) is 42.2. The molecule has 6 aromatic rings. The lowest BCUT2D eigenvalue weighted by atomic mass is 9.91. The summed E-state index contributed by atoms with van der Waals surface area (Å²) < 4.78 is 17.0. The Morgan fingerprint density at radius 1 is 0.414 bits per heavy atom. The minimum atomic E-state index is -0.511. The highest BCUT2D eigenvalue weighted by molar-refractivity contribution is 9.11. The van der Waals surface area contributed by atoms with Gasteiger partial charge in [-0.25, -0.2) is 0 Å². The second kappa shape index (κ2) is 19.4. The SMILES string of the molecule is CN1C(=O)[C@@H](Cc2ccccc2)O[C@H](c2ccc(Br)cc2)[C@@H]1c1ccc(Br)cc1.CN1C(=O)[C@H](Cc2ccccc2)O[C@@H](c2ccc(Br)cc2)[C@H]1c1ccc(Br)cc1. The molecule has 0 spiro atoms. The minimum Gasteiger partial charge on any atom is -0.358 e. The molecule has 6 aromatic carbocycles. The highest BCUT2D eigenvalue weighted by Crippen LogP contribution is 2.44. The Kier molecular flexibility index (Phi) is 14.2. The predicted octanol–water partition coefficient (Wildman–Crippen LogP) is 12.2. The van der Waals surface area contributed by atoms with Crippen LogP contribution in [0.15, 0.2) is 176 Å². The van der Waals surface area contributed by atoms with Gasteiger partial charge in [0.15, 0.2) is 0 Å². The van der Waals surface area contributed by atoms with Crippen molar-refractivity contribution in [1.82, 2.24) is 9.80 Å². The van der Waals surface area contributed by atoms with E-state index < -0.39 is 12.2 Å². The number of rotatable bonds is 8. The minimum absolute atomic E-state index is 0.00938. The van der Waals surface area contributed by atoms with E-state index in [1.54, 1.807) is 0 Å². The van der Waals surface area contributed by atoms with Gasteiger partial charge in [0, 0.05) is 44.8 Å². The van der Waals surface area contributed by atoms with Gasteiger partial charge in [0.2, 0.25) is 0 Å². The quantitative estimate of drug-likeness (QED) is 0.152. The van der Waals surface area contributed by atoms with Crippen molar-refractivity contribution in [3.05, 3.63) is 209 Å². The number of carbonyl (C=O) groups excluding carboxylic acids is 2. The van der Waals surface area contributed by atoms with E-state index in [-0.39, 0.29) is 36.1 Å². The second-order valence-corrected chi connectivity index (χ2v) is 18.1. The van der Waals surface area contributed by atoms with E-state index in [1.807, 2.05) is 157 Å². The van der Waals surface area contributed by atoms with E-state index in [1.165, 1.54) is 0 Å². The molecule has 6 atom stereocenters. The van der Waals surface area contributed by atoms with Crippen molar-refractivity contribution in [1.29, 1.82) is 0 Å². The van der Waals surface area contributed by atoms with Crippen LogP contribution in [0.4, 0.5) is 0 Å². The molecule has 6 nitrogen and oxygen atoms in total. The van der Waals surface area contributed by atoms with Gasteiger partial charge in [-0.15, -0.1) is 0 Å². The maximum absolute atomic E-state index is 13.2. The van der Waals surface area contributed by atoms with Gasteiger partial charge < -0.3 is 19.3 Å². The number of likely N-dealkylation sites (N-methyl/N-ethyl adjacent to an activating group) is 2. The van der Waals surface area contributed by atoms with Gasteiger partial charge >= 0.3 is 0 Å². The molecule has 8 rings (SSSR count). The third-order valence-electron chi connectivity index (χ3n) is 10.6. The summed E-state index contributed by atoms with van der Waals surface area (Å²) in [5, 5.41) is 0. The molecular formula is C48H42Br4N2O4. The molecule has 2 fully saturated rings. The molecule has 0 unspecified atom stereocenters. The van der Waals surface area contributed by atoms with Gasteiger partial charge in [0.25, 0.3) is 11.8 Å². The largest absolute Gasteiger partial charge is 0.358 e. The summed E-state index contributed by atoms with van der Waals surface area (Å²) in [6, 6.07) is 52.2. The van der Waals surface area contributed by atoms with Gasteiger partial charge in [-0.3, -0.25) is 9.59 Å². The van der Waals surface area contributed by atoms with E-state index in [9.17, 15) is 9.59 Å². The van der Waals surface area contributed by atoms with Gasteiger partial charge in [-0.05, 0) is 81.9 Å². The fourth-order valence-corrected chi connectivity index (χ4v) is 8.68. The zero-order valence-electron chi connectivity index (χ0n) is 31.9. The first-order valence-electron chi connectivity index (χ1n) is 19.0. The van der Waals surface area contributed by atoms with Crippen LogP contribution in [0.2, 0.25) is 0 Å². The summed E-state index contributed by atoms with van der Waals surface area (Å²) in [7, 11) is 3.75. The molecule has 10 heteroatoms. The maximum Gasteiger partial charge on any atom is 0.252 e. The van der Waals surface area contributed by atoms with E-state index in [0.29, 0.717) is 12.8 Å². The van der Waals surface area contributed by atoms with Crippen molar-refractivity contribution in [2.24, 2.45) is 0 Å². The number of morpholine rings is 2. The molecule has 0 aliphatic carbocycles. The topological polar surface area (TPSA) is 59.1 Å². The number of benzene rings is 6. The van der Waals surface area contributed by atoms with Crippen LogP contribution in [-0.4, -0.2) is 47.9 Å². The molecule has 2 amide bonds. The molecule has 58 heavy (non-hydrogen) atoms. The number of hydrogen-bond donors (Lipinski definition) is 0. The molecule has 2 aliphatic heterocycles. The third-order valence-corrected chi connectivity index (χ3v) is 12.7. The average molecular weight is 1030 g/mol. The molecule has 0 radical (unpaired) electrons. The summed E-state index contributed by atoms with van der Waals surface area (Å²) in [5.74, 6) is 0.0188. The summed E-state index contributed by atoms with van der Waals surface area (Å²) in [5.41, 5.74) is 6.40. The van der Waals surface area contributed by atoms with Crippen LogP contribution in [0.3, 0.4) is 0 Å². The van der Waals surface area contributed by atoms with Crippen LogP contribution in [0.25, 0.3) is 0 Å². The number of amides is 2. The van der Waals surface area contributed by atoms with Crippen LogP contribution in [0.1, 0.15) is 57.7 Å². The van der Waals surface area contributed by atoms with Gasteiger partial charge in [-0.2, -0.15) is 0 Å². The highest BCUT2D eigenvalue weighted by Gasteiger charge is 2.43. The standard InChI is InChI=1S/2C24H21Br2NO2/c2*1-27-22(17-7-11-19(25)12-8-17)23(18-9-13-20(26)14-10-18)29-21(24(27)28)15-16-5-3-2-4-6-16/h2*2-14,21-23H,15H2,1H3/t2*21-,22+,23-/m10/s1. The molecule has 2 aliphatic rings. The Labute approximate surface area is 374 Å². The van der Waals surface area contributed by atoms with E-state index in [2.05, 4.69) is 88.0 Å². The Balaban J connectivity index is 0.000000177. The Morgan fingerprint density at radius 3 is 0.983 bits per heavy atom. The van der Waals surface area contributed by atoms with Crippen molar-refractivity contribution >= 4 is 75.5 Å². The van der Waals surface area contributed by atoms with Crippen molar-refractivity contribution in [2.45, 2.75) is 49.3 Å². The number of hydrogen-bond acceptors (Lipinski definition) is 4. The first-order chi connectivity index (χ1) is 28.0. The summed E-state index contributed by atoms with van der Waals surface area (Å²) >= 11 is 14.0. The van der Waals surface area contributed by atoms with Crippen LogP contribution in [0.5, 0.6) is 0 Å². The smallest absolute Gasteiger partial charge is 0.252 e. The number of ether oxygens (including phenoxy) is 2. The predicted molar refractivity (Wildman–Crippen MR) is 243 cm³/mol. The fraction of sp³-hybridized carbons (Fsp3) is 0.208. The van der Waals surface area contributed by atoms with Gasteiger partial charge in [0.05, 0.1) is 12.1 Å². The first-order valence-corrected chi connectivity index (χ1v) is 22.2. The van der Waals surface area contributed by atoms with Crippen LogP contribution >= 0.6 is 63.7 Å². The Bertz CT molecular complexity index is 2110. The van der Waals surface area contributed by atoms with Crippen molar-refractivity contribution in [3.63, 3.8) is 0 Å². The lowest BCUT2D eigenvalue weighted by Gasteiger charge is -2.43. The molecule has 2 heterocycles. The number of carbonyl (C=O) groups is 2. The zero-order chi connectivity index (χ0) is 40.8. The van der Waals surface area contributed by atoms with Crippen LogP contribution in [0, 0.1) is 0 Å². The third kappa shape index (κ3) is 10.1. The van der Waals surface area contributed by atoms with E-state index in [4.69, 9.17) is 9.47 Å². The molecular weight excluding hydrogens is 988 g/mol. The maximum atomic E-state index is 13.2. The Morgan fingerprint density at radius 2 is 0.690 bits per heavy atom. The van der Waals surface area contributed by atoms with Crippen molar-refractivity contribution in [2.75, 3.05) is 14.1 Å². The van der Waals surface area contributed by atoms with E-state index in [0.717, 1.165) is 51.3 Å². The summed E-state index contributed by atoms with van der Waals surface area (Å²) in [4.78, 5) is 30.1. The van der Waals surface area contributed by atoms with Crippen molar-refractivity contribution < 1.29 is 19.1 Å². The van der Waals surface area contributed by atoms with Crippen LogP contribution < -0.4 is 0 Å². The fourth-order valence-electron chi connectivity index (χ4n) is 7.62. The van der Waals surface area contributed by atoms with Crippen LogP contribution in [-0.2, 0) is 31.9 Å². The lowest BCUT2D eigenvalue weighted by Crippen LogP contribution is -2.49. The van der Waals surface area contributed by atoms with Gasteiger partial charge in [0.1, 0.15) is 24.4 Å².